The minimum Gasteiger partial charge on any atom is -0.492 e. The van der Waals surface area contributed by atoms with Gasteiger partial charge in [-0.15, -0.1) is 0 Å². The first-order chi connectivity index (χ1) is 15.9. The molecule has 0 bridgehead atoms. The number of non-ortho nitro benzene ring substituents is 1. The number of fused-ring (bicyclic) bond motifs is 4. The molecule has 10 nitrogen and oxygen atoms in total. The number of carbonyl (C=O) groups excluding carboxylic acids is 2. The summed E-state index contributed by atoms with van der Waals surface area (Å²) >= 11 is 0. The lowest BCUT2D eigenvalue weighted by atomic mass is 9.79. The maximum Gasteiger partial charge on any atom is 0.318 e. The molecule has 10 heteroatoms. The summed E-state index contributed by atoms with van der Waals surface area (Å²) in [7, 11) is 0. The van der Waals surface area contributed by atoms with Gasteiger partial charge < -0.3 is 23.7 Å². The molecule has 0 saturated heterocycles. The topological polar surface area (TPSA) is 123 Å². The van der Waals surface area contributed by atoms with E-state index >= 15 is 0 Å². The summed E-state index contributed by atoms with van der Waals surface area (Å²) in [6, 6.07) is 9.14. The average Bonchev–Trinajstić information content (AvgIpc) is 3.23. The smallest absolute Gasteiger partial charge is 0.318 e. The molecule has 2 heterocycles. The normalized spacial score (nSPS) is 25.8. The lowest BCUT2D eigenvalue weighted by Gasteiger charge is -2.31. The van der Waals surface area contributed by atoms with Crippen molar-refractivity contribution in [3.8, 4) is 17.2 Å². The maximum atomic E-state index is 13.6. The summed E-state index contributed by atoms with van der Waals surface area (Å²) in [6.07, 6.45) is 0. The molecule has 1 fully saturated rings. The number of carbonyl (C=O) groups is 2. The van der Waals surface area contributed by atoms with E-state index in [1.54, 1.807) is 32.0 Å². The highest BCUT2D eigenvalue weighted by atomic mass is 16.7. The summed E-state index contributed by atoms with van der Waals surface area (Å²) in [4.78, 5) is 37.9. The predicted molar refractivity (Wildman–Crippen MR) is 111 cm³/mol. The van der Waals surface area contributed by atoms with Crippen LogP contribution in [0.3, 0.4) is 0 Å². The van der Waals surface area contributed by atoms with E-state index in [1.807, 2.05) is 0 Å². The molecule has 33 heavy (non-hydrogen) atoms. The van der Waals surface area contributed by atoms with Crippen LogP contribution in [0.5, 0.6) is 17.2 Å². The molecule has 0 N–H and O–H groups in total. The van der Waals surface area contributed by atoms with Gasteiger partial charge >= 0.3 is 11.9 Å². The average molecular weight is 455 g/mol. The number of hydrogen-bond acceptors (Lipinski definition) is 9. The molecule has 0 radical (unpaired) electrons. The Bertz CT molecular complexity index is 1180. The zero-order chi connectivity index (χ0) is 23.4. The van der Waals surface area contributed by atoms with Crippen LogP contribution in [0.15, 0.2) is 36.4 Å². The van der Waals surface area contributed by atoms with Crippen molar-refractivity contribution in [2.24, 2.45) is 5.92 Å². The van der Waals surface area contributed by atoms with Gasteiger partial charge in [-0.1, -0.05) is 12.1 Å². The van der Waals surface area contributed by atoms with Crippen molar-refractivity contribution in [3.05, 3.63) is 57.6 Å². The summed E-state index contributed by atoms with van der Waals surface area (Å²) in [5.74, 6) is -1.01. The number of nitro benzene ring substituents is 1. The van der Waals surface area contributed by atoms with Gasteiger partial charge in [0.1, 0.15) is 17.8 Å². The van der Waals surface area contributed by atoms with Gasteiger partial charge in [0, 0.05) is 23.8 Å². The molecule has 3 atom stereocenters. The molecular formula is C23H21NO9. The third kappa shape index (κ3) is 2.66. The molecule has 3 aliphatic rings. The molecular weight excluding hydrogens is 434 g/mol. The van der Waals surface area contributed by atoms with Gasteiger partial charge in [-0.05, 0) is 25.5 Å². The Morgan fingerprint density at radius 3 is 2.48 bits per heavy atom. The third-order valence-corrected chi connectivity index (χ3v) is 6.59. The van der Waals surface area contributed by atoms with Crippen LogP contribution in [0.1, 0.15) is 25.0 Å². The maximum absolute atomic E-state index is 13.6. The highest BCUT2D eigenvalue weighted by Gasteiger charge is 2.88. The van der Waals surface area contributed by atoms with E-state index in [0.717, 1.165) is 0 Å². The molecule has 1 aliphatic carbocycles. The second-order valence-corrected chi connectivity index (χ2v) is 7.98. The van der Waals surface area contributed by atoms with Gasteiger partial charge in [0.05, 0.1) is 29.5 Å². The molecule has 2 aromatic rings. The van der Waals surface area contributed by atoms with Gasteiger partial charge in [0.25, 0.3) is 5.69 Å². The van der Waals surface area contributed by atoms with Gasteiger partial charge in [-0.2, -0.15) is 0 Å². The molecule has 0 amide bonds. The Labute approximate surface area is 188 Å². The number of rotatable bonds is 6. The van der Waals surface area contributed by atoms with Crippen molar-refractivity contribution < 1.29 is 38.2 Å². The molecule has 1 saturated carbocycles. The van der Waals surface area contributed by atoms with Crippen molar-refractivity contribution in [1.29, 1.82) is 0 Å². The van der Waals surface area contributed by atoms with Crippen LogP contribution in [-0.4, -0.2) is 43.5 Å². The standard InChI is InChI=1S/C23H21NO9/c1-3-29-20(25)19-22(13-6-5-7-14(8-13)24(27)28)11-31-16-10-18-17(32-12-33-18)9-15(16)23(19,22)21(26)30-4-2/h5-10,19H,3-4,11-12H2,1-2H3/t19-,22+,23+/m0/s1. The van der Waals surface area contributed by atoms with E-state index in [0.29, 0.717) is 28.4 Å². The lowest BCUT2D eigenvalue weighted by molar-refractivity contribution is -0.385. The Kier molecular flexibility index (Phi) is 4.70. The minimum absolute atomic E-state index is 0.0158. The Balaban J connectivity index is 1.78. The van der Waals surface area contributed by atoms with Gasteiger partial charge in [0.2, 0.25) is 6.79 Å². The third-order valence-electron chi connectivity index (χ3n) is 6.59. The van der Waals surface area contributed by atoms with Gasteiger partial charge in [-0.25, -0.2) is 0 Å². The number of nitrogens with zero attached hydrogens (tertiary/aromatic N) is 1. The van der Waals surface area contributed by atoms with Crippen molar-refractivity contribution in [2.45, 2.75) is 24.7 Å². The second kappa shape index (κ2) is 7.36. The van der Waals surface area contributed by atoms with E-state index in [1.165, 1.54) is 18.2 Å². The molecule has 172 valence electrons. The van der Waals surface area contributed by atoms with Gasteiger partial charge in [0.15, 0.2) is 11.5 Å². The van der Waals surface area contributed by atoms with E-state index in [4.69, 9.17) is 23.7 Å². The molecule has 5 rings (SSSR count). The Morgan fingerprint density at radius 1 is 1.06 bits per heavy atom. The largest absolute Gasteiger partial charge is 0.492 e. The zero-order valence-corrected chi connectivity index (χ0v) is 18.0. The number of ether oxygens (including phenoxy) is 5. The van der Waals surface area contributed by atoms with Crippen LogP contribution in [0.2, 0.25) is 0 Å². The first kappa shape index (κ1) is 21.0. The zero-order valence-electron chi connectivity index (χ0n) is 18.0. The van der Waals surface area contributed by atoms with E-state index < -0.39 is 33.6 Å². The first-order valence-electron chi connectivity index (χ1n) is 10.6. The quantitative estimate of drug-likeness (QED) is 0.367. The minimum atomic E-state index is -1.50. The summed E-state index contributed by atoms with van der Waals surface area (Å²) in [5.41, 5.74) is -2.09. The molecule has 0 aromatic heterocycles. The Morgan fingerprint density at radius 2 is 1.79 bits per heavy atom. The predicted octanol–water partition coefficient (Wildman–Crippen LogP) is 2.65. The summed E-state index contributed by atoms with van der Waals surface area (Å²) in [5, 5.41) is 11.5. The van der Waals surface area contributed by atoms with E-state index in [-0.39, 0.29) is 32.3 Å². The van der Waals surface area contributed by atoms with Crippen LogP contribution < -0.4 is 14.2 Å². The Hall–Kier alpha value is -3.82. The summed E-state index contributed by atoms with van der Waals surface area (Å²) < 4.78 is 27.8. The first-order valence-corrected chi connectivity index (χ1v) is 10.6. The van der Waals surface area contributed by atoms with Crippen LogP contribution in [0.25, 0.3) is 0 Å². The molecule has 2 aromatic carbocycles. The fourth-order valence-electron chi connectivity index (χ4n) is 5.30. The molecule has 0 unspecified atom stereocenters. The highest BCUT2D eigenvalue weighted by Crippen LogP contribution is 2.75. The SMILES string of the molecule is CCOC(=O)[C@H]1[C@]2(c3cccc([N+](=O)[O-])c3)COc3cc4c(cc3[C@]12C(=O)OCC)OCO4. The number of hydrogen-bond donors (Lipinski definition) is 0. The van der Waals surface area contributed by atoms with Crippen LogP contribution in [0.4, 0.5) is 5.69 Å². The van der Waals surface area contributed by atoms with E-state index in [9.17, 15) is 19.7 Å². The van der Waals surface area contributed by atoms with Crippen molar-refractivity contribution in [3.63, 3.8) is 0 Å². The van der Waals surface area contributed by atoms with Crippen LogP contribution in [-0.2, 0) is 29.9 Å². The molecule has 2 aliphatic heterocycles. The second-order valence-electron chi connectivity index (χ2n) is 7.98. The molecule has 0 spiro atoms. The summed E-state index contributed by atoms with van der Waals surface area (Å²) in [6.45, 7) is 3.47. The number of nitro groups is 1. The monoisotopic (exact) mass is 455 g/mol. The highest BCUT2D eigenvalue weighted by molar-refractivity contribution is 6.03. The van der Waals surface area contributed by atoms with Gasteiger partial charge in [-0.3, -0.25) is 19.7 Å². The lowest BCUT2D eigenvalue weighted by Crippen LogP contribution is -2.39. The van der Waals surface area contributed by atoms with Crippen molar-refractivity contribution >= 4 is 17.6 Å². The van der Waals surface area contributed by atoms with E-state index in [2.05, 4.69) is 0 Å². The fourth-order valence-corrected chi connectivity index (χ4v) is 5.30. The number of esters is 2. The fraction of sp³-hybridized carbons (Fsp3) is 0.391. The van der Waals surface area contributed by atoms with Crippen LogP contribution in [0, 0.1) is 16.0 Å². The van der Waals surface area contributed by atoms with Crippen molar-refractivity contribution in [2.75, 3.05) is 26.6 Å². The van der Waals surface area contributed by atoms with Crippen LogP contribution >= 0.6 is 0 Å². The number of benzene rings is 2. The van der Waals surface area contributed by atoms with Crippen molar-refractivity contribution in [1.82, 2.24) is 0 Å².